The van der Waals surface area contributed by atoms with Crippen LogP contribution in [0.2, 0.25) is 0 Å². The lowest BCUT2D eigenvalue weighted by Gasteiger charge is -1.97. The van der Waals surface area contributed by atoms with Crippen LogP contribution >= 0.6 is 11.3 Å². The van der Waals surface area contributed by atoms with Gasteiger partial charge >= 0.3 is 5.97 Å². The smallest absolute Gasteiger partial charge is 0.360 e. The maximum absolute atomic E-state index is 11.3. The summed E-state index contributed by atoms with van der Waals surface area (Å²) in [5, 5.41) is 4.99. The van der Waals surface area contributed by atoms with E-state index in [1.165, 1.54) is 11.1 Å². The van der Waals surface area contributed by atoms with E-state index in [0.717, 1.165) is 0 Å². The summed E-state index contributed by atoms with van der Waals surface area (Å²) in [6, 6.07) is 4.30. The van der Waals surface area contributed by atoms with Crippen LogP contribution in [0.5, 0.6) is 0 Å². The topological polar surface area (TPSA) is 64.4 Å². The number of nitrogens with one attached hydrogen (secondary N) is 1. The molecule has 0 unspecified atom stereocenters. The summed E-state index contributed by atoms with van der Waals surface area (Å²) in [4.78, 5) is 16.5. The van der Waals surface area contributed by atoms with Crippen molar-refractivity contribution in [1.29, 1.82) is 0 Å². The Hall–Kier alpha value is -1.82. The molecule has 0 aromatic carbocycles. The first-order chi connectivity index (χ1) is 8.29. The normalized spacial score (nSPS) is 10.2. The Morgan fingerprint density at radius 1 is 1.65 bits per heavy atom. The predicted octanol–water partition coefficient (Wildman–Crippen LogP) is 2.52. The minimum absolute atomic E-state index is 0.181. The molecule has 0 fully saturated rings. The number of carbonyl (C=O) groups excluding carboxylic acids is 1. The summed E-state index contributed by atoms with van der Waals surface area (Å²) in [6.45, 7) is 2.69. The molecule has 0 saturated heterocycles. The van der Waals surface area contributed by atoms with Gasteiger partial charge in [-0.3, -0.25) is 0 Å². The molecule has 0 aliphatic rings. The number of thiophene rings is 1. The number of esters is 1. The van der Waals surface area contributed by atoms with Gasteiger partial charge in [-0.1, -0.05) is 6.07 Å². The van der Waals surface area contributed by atoms with Gasteiger partial charge in [-0.25, -0.2) is 4.79 Å². The maximum Gasteiger partial charge on any atom is 0.360 e. The molecule has 0 saturated carbocycles. The number of aromatic nitrogens is 1. The third-order valence-electron chi connectivity index (χ3n) is 1.98. The fourth-order valence-electron chi connectivity index (χ4n) is 1.23. The molecular weight excluding hydrogens is 240 g/mol. The first-order valence-electron chi connectivity index (χ1n) is 5.18. The third-order valence-corrected chi connectivity index (χ3v) is 2.86. The predicted molar refractivity (Wildman–Crippen MR) is 64.1 cm³/mol. The van der Waals surface area contributed by atoms with Crippen LogP contribution in [0.3, 0.4) is 0 Å². The maximum atomic E-state index is 11.3. The molecule has 0 spiro atoms. The average molecular weight is 252 g/mol. The second kappa shape index (κ2) is 5.49. The molecule has 5 nitrogen and oxygen atoms in total. The number of hydrogen-bond acceptors (Lipinski definition) is 6. The molecule has 0 atom stereocenters. The molecular formula is C11H12N2O3S. The number of oxazole rings is 1. The second-order valence-electron chi connectivity index (χ2n) is 3.19. The van der Waals surface area contributed by atoms with Crippen LogP contribution in [0.1, 0.15) is 22.3 Å². The largest absolute Gasteiger partial charge is 0.461 e. The summed E-state index contributed by atoms with van der Waals surface area (Å²) in [5.41, 5.74) is 0.181. The first kappa shape index (κ1) is 11.7. The van der Waals surface area contributed by atoms with Crippen LogP contribution in [0.4, 0.5) is 6.01 Å². The zero-order valence-corrected chi connectivity index (χ0v) is 10.1. The van der Waals surface area contributed by atoms with Crippen molar-refractivity contribution >= 4 is 23.3 Å². The van der Waals surface area contributed by atoms with Crippen molar-refractivity contribution in [2.24, 2.45) is 0 Å². The number of nitrogens with zero attached hydrogens (tertiary/aromatic N) is 1. The van der Waals surface area contributed by atoms with Crippen LogP contribution in [0.25, 0.3) is 0 Å². The highest BCUT2D eigenvalue weighted by Gasteiger charge is 2.12. The fourth-order valence-corrected chi connectivity index (χ4v) is 1.87. The minimum Gasteiger partial charge on any atom is -0.461 e. The van der Waals surface area contributed by atoms with E-state index < -0.39 is 5.97 Å². The Morgan fingerprint density at radius 3 is 3.24 bits per heavy atom. The molecule has 17 heavy (non-hydrogen) atoms. The van der Waals surface area contributed by atoms with Crippen molar-refractivity contribution in [1.82, 2.24) is 4.98 Å². The Balaban J connectivity index is 1.92. The lowest BCUT2D eigenvalue weighted by molar-refractivity contribution is 0.0519. The summed E-state index contributed by atoms with van der Waals surface area (Å²) >= 11 is 1.64. The van der Waals surface area contributed by atoms with Crippen molar-refractivity contribution in [3.63, 3.8) is 0 Å². The van der Waals surface area contributed by atoms with Gasteiger partial charge in [0, 0.05) is 4.88 Å². The molecule has 0 aliphatic heterocycles. The zero-order chi connectivity index (χ0) is 12.1. The number of ether oxygens (including phenoxy) is 1. The molecule has 2 aromatic rings. The molecule has 2 heterocycles. The van der Waals surface area contributed by atoms with E-state index in [4.69, 9.17) is 9.15 Å². The Kier molecular flexibility index (Phi) is 3.77. The summed E-state index contributed by atoms with van der Waals surface area (Å²) in [7, 11) is 0. The summed E-state index contributed by atoms with van der Waals surface area (Å²) < 4.78 is 9.92. The minimum atomic E-state index is -0.472. The number of carbonyl (C=O) groups is 1. The number of rotatable bonds is 5. The van der Waals surface area contributed by atoms with Gasteiger partial charge in [0.2, 0.25) is 0 Å². The SMILES string of the molecule is CCOC(=O)c1coc(NCc2cccs2)n1. The van der Waals surface area contributed by atoms with Gasteiger partial charge in [-0.2, -0.15) is 4.98 Å². The van der Waals surface area contributed by atoms with Gasteiger partial charge in [0.15, 0.2) is 5.69 Å². The van der Waals surface area contributed by atoms with Crippen LogP contribution in [0, 0.1) is 0 Å². The second-order valence-corrected chi connectivity index (χ2v) is 4.22. The van der Waals surface area contributed by atoms with Gasteiger partial charge in [0.25, 0.3) is 6.01 Å². The van der Waals surface area contributed by atoms with Gasteiger partial charge in [0.1, 0.15) is 6.26 Å². The Morgan fingerprint density at radius 2 is 2.53 bits per heavy atom. The molecule has 90 valence electrons. The van der Waals surface area contributed by atoms with Crippen molar-refractivity contribution in [2.75, 3.05) is 11.9 Å². The van der Waals surface area contributed by atoms with Gasteiger partial charge in [0.05, 0.1) is 13.2 Å². The van der Waals surface area contributed by atoms with E-state index in [0.29, 0.717) is 19.2 Å². The van der Waals surface area contributed by atoms with Crippen LogP contribution < -0.4 is 5.32 Å². The first-order valence-corrected chi connectivity index (χ1v) is 6.06. The molecule has 0 bridgehead atoms. The third kappa shape index (κ3) is 3.07. The Bertz CT molecular complexity index is 479. The van der Waals surface area contributed by atoms with E-state index in [9.17, 15) is 4.79 Å². The lowest BCUT2D eigenvalue weighted by atomic mass is 10.5. The monoisotopic (exact) mass is 252 g/mol. The average Bonchev–Trinajstić information content (AvgIpc) is 2.98. The molecule has 0 aliphatic carbocycles. The fraction of sp³-hybridized carbons (Fsp3) is 0.273. The molecule has 1 N–H and O–H groups in total. The highest BCUT2D eigenvalue weighted by atomic mass is 32.1. The van der Waals surface area contributed by atoms with E-state index in [1.807, 2.05) is 17.5 Å². The van der Waals surface area contributed by atoms with Gasteiger partial charge < -0.3 is 14.5 Å². The van der Waals surface area contributed by atoms with Crippen molar-refractivity contribution in [3.05, 3.63) is 34.3 Å². The molecule has 0 amide bonds. The lowest BCUT2D eigenvalue weighted by Crippen LogP contribution is -2.05. The van der Waals surface area contributed by atoms with Crippen LogP contribution in [-0.2, 0) is 11.3 Å². The van der Waals surface area contributed by atoms with Crippen molar-refractivity contribution in [3.8, 4) is 0 Å². The highest BCUT2D eigenvalue weighted by Crippen LogP contribution is 2.13. The number of hydrogen-bond donors (Lipinski definition) is 1. The van der Waals surface area contributed by atoms with Crippen molar-refractivity contribution in [2.45, 2.75) is 13.5 Å². The standard InChI is InChI=1S/C11H12N2O3S/c1-2-15-10(14)9-7-16-11(13-9)12-6-8-4-3-5-17-8/h3-5,7H,2,6H2,1H3,(H,12,13). The molecule has 2 aromatic heterocycles. The van der Waals surface area contributed by atoms with E-state index in [2.05, 4.69) is 10.3 Å². The highest BCUT2D eigenvalue weighted by molar-refractivity contribution is 7.09. The zero-order valence-electron chi connectivity index (χ0n) is 9.30. The van der Waals surface area contributed by atoms with Gasteiger partial charge in [-0.05, 0) is 18.4 Å². The van der Waals surface area contributed by atoms with E-state index >= 15 is 0 Å². The molecule has 2 rings (SSSR count). The van der Waals surface area contributed by atoms with Crippen molar-refractivity contribution < 1.29 is 13.9 Å². The van der Waals surface area contributed by atoms with E-state index in [-0.39, 0.29) is 5.69 Å². The number of anilines is 1. The molecule has 0 radical (unpaired) electrons. The van der Waals surface area contributed by atoms with E-state index in [1.54, 1.807) is 18.3 Å². The molecule has 6 heteroatoms. The Labute approximate surface area is 102 Å². The van der Waals surface area contributed by atoms with Crippen LogP contribution in [-0.4, -0.2) is 17.6 Å². The summed E-state index contributed by atoms with van der Waals surface area (Å²) in [5.74, 6) is -0.472. The van der Waals surface area contributed by atoms with Gasteiger partial charge in [-0.15, -0.1) is 11.3 Å². The van der Waals surface area contributed by atoms with Crippen LogP contribution in [0.15, 0.2) is 28.2 Å². The summed E-state index contributed by atoms with van der Waals surface area (Å²) in [6.07, 6.45) is 1.29. The quantitative estimate of drug-likeness (QED) is 0.828.